The Morgan fingerprint density at radius 2 is 1.75 bits per heavy atom. The van der Waals surface area contributed by atoms with Gasteiger partial charge in [0.2, 0.25) is 0 Å². The molecule has 0 fully saturated rings. The van der Waals surface area contributed by atoms with Crippen LogP contribution in [0.15, 0.2) is 30.3 Å². The molecule has 1 rings (SSSR count). The van der Waals surface area contributed by atoms with E-state index in [0.29, 0.717) is 5.56 Å². The van der Waals surface area contributed by atoms with Crippen LogP contribution < -0.4 is 29.6 Å². The quantitative estimate of drug-likeness (QED) is 0.550. The first-order valence-electron chi connectivity index (χ1n) is 3.16. The van der Waals surface area contributed by atoms with Gasteiger partial charge in [0.1, 0.15) is 0 Å². The Kier molecular flexibility index (Phi) is 5.50. The van der Waals surface area contributed by atoms with Crippen molar-refractivity contribution in [3.8, 4) is 0 Å². The molecule has 0 aliphatic heterocycles. The van der Waals surface area contributed by atoms with E-state index in [2.05, 4.69) is 0 Å². The zero-order valence-electron chi connectivity index (χ0n) is 7.84. The minimum Gasteiger partial charge on any atom is -1.00 e. The summed E-state index contributed by atoms with van der Waals surface area (Å²) >= 11 is -4.46. The van der Waals surface area contributed by atoms with E-state index < -0.39 is 14.2 Å². The number of rotatable bonds is 2. The fourth-order valence-electron chi connectivity index (χ4n) is 0.821. The number of hydrogen-bond donors (Lipinski definition) is 2. The van der Waals surface area contributed by atoms with Crippen molar-refractivity contribution >= 4 is 14.2 Å². The van der Waals surface area contributed by atoms with Crippen LogP contribution in [0, 0.1) is 0 Å². The Bertz CT molecular complexity index is 274. The van der Waals surface area contributed by atoms with E-state index in [1.165, 1.54) is 0 Å². The maximum Gasteiger partial charge on any atom is 1.00 e. The van der Waals surface area contributed by atoms with E-state index in [0.717, 1.165) is 0 Å². The molecule has 0 atom stereocenters. The van der Waals surface area contributed by atoms with E-state index in [-0.39, 0.29) is 36.2 Å². The predicted molar refractivity (Wildman–Crippen MR) is 42.1 cm³/mol. The summed E-state index contributed by atoms with van der Waals surface area (Å²) in [5.41, 5.74) is 0.694. The Labute approximate surface area is 97.6 Å². The van der Waals surface area contributed by atoms with Gasteiger partial charge < -0.3 is 1.43 Å². The van der Waals surface area contributed by atoms with Crippen molar-refractivity contribution in [2.75, 3.05) is 0 Å². The van der Waals surface area contributed by atoms with Gasteiger partial charge in [-0.25, -0.2) is 0 Å². The molecule has 0 saturated carbocycles. The summed E-state index contributed by atoms with van der Waals surface area (Å²) in [6, 6.07) is 8.76. The molecule has 12 heavy (non-hydrogen) atoms. The third kappa shape index (κ3) is 5.20. The molecule has 0 amide bonds. The van der Waals surface area contributed by atoms with Crippen LogP contribution in [0.1, 0.15) is 6.99 Å². The van der Waals surface area contributed by atoms with Crippen LogP contribution in [0.4, 0.5) is 0 Å². The van der Waals surface area contributed by atoms with E-state index >= 15 is 0 Å². The second kappa shape index (κ2) is 5.28. The summed E-state index contributed by atoms with van der Waals surface area (Å²) in [4.78, 5) is 0. The van der Waals surface area contributed by atoms with Crippen molar-refractivity contribution in [3.63, 3.8) is 0 Å². The smallest absolute Gasteiger partial charge is 1.00 e. The summed E-state index contributed by atoms with van der Waals surface area (Å²) in [5.74, 6) is 0. The van der Waals surface area contributed by atoms with Crippen molar-refractivity contribution in [3.05, 3.63) is 35.9 Å². The zero-order valence-corrected chi connectivity index (χ0v) is 10.7. The monoisotopic (exact) mass is 240 g/mol. The minimum atomic E-state index is -4.46. The third-order valence-corrected chi connectivity index (χ3v) is 2.86. The van der Waals surface area contributed by atoms with Gasteiger partial charge in [-0.1, -0.05) is 0 Å². The van der Waals surface area contributed by atoms with Gasteiger partial charge in [-0.2, -0.15) is 0 Å². The van der Waals surface area contributed by atoms with Gasteiger partial charge in [-0.3, -0.25) is 0 Å². The largest absolute Gasteiger partial charge is 1.00 e. The van der Waals surface area contributed by atoms with Crippen LogP contribution in [-0.4, -0.2) is 22.4 Å². The van der Waals surface area contributed by atoms with Crippen LogP contribution in [0.25, 0.3) is 0 Å². The van der Waals surface area contributed by atoms with Gasteiger partial charge in [0.15, 0.2) is 0 Å². The summed E-state index contributed by atoms with van der Waals surface area (Å²) in [6.07, 6.45) is 0. The molecule has 0 saturated heterocycles. The number of hydrogen-bond acceptors (Lipinski definition) is 1. The molecule has 3 nitrogen and oxygen atoms in total. The van der Waals surface area contributed by atoms with Gasteiger partial charge in [-0.15, -0.1) is 0 Å². The van der Waals surface area contributed by atoms with Crippen molar-refractivity contribution in [1.82, 2.24) is 0 Å². The van der Waals surface area contributed by atoms with Crippen molar-refractivity contribution < 1.29 is 42.9 Å². The topological polar surface area (TPSA) is 57.5 Å². The van der Waals surface area contributed by atoms with E-state index in [1.807, 2.05) is 6.07 Å². The molecule has 2 N–H and O–H groups in total. The molecule has 0 bridgehead atoms. The van der Waals surface area contributed by atoms with Gasteiger partial charge >= 0.3 is 96.8 Å². The Morgan fingerprint density at radius 3 is 2.17 bits per heavy atom. The first-order valence-corrected chi connectivity index (χ1v) is 6.93. The Hall–Kier alpha value is 0.498. The number of benzene rings is 1. The second-order valence-electron chi connectivity index (χ2n) is 2.31. The average Bonchev–Trinajstić information content (AvgIpc) is 1.85. The summed E-state index contributed by atoms with van der Waals surface area (Å²) in [6.45, 7) is 0. The maximum absolute atomic E-state index is 10.6. The molecule has 0 heterocycles. The van der Waals surface area contributed by atoms with Gasteiger partial charge in [0.25, 0.3) is 0 Å². The fraction of sp³-hybridized carbons (Fsp3) is 0.143. The molecule has 0 aliphatic carbocycles. The van der Waals surface area contributed by atoms with E-state index in [1.54, 1.807) is 24.3 Å². The Morgan fingerprint density at radius 1 is 1.25 bits per heavy atom. The molecule has 0 aromatic heterocycles. The minimum absolute atomic E-state index is 0. The summed E-state index contributed by atoms with van der Waals surface area (Å²) in [5, 5.41) is -0.112. The second-order valence-corrected chi connectivity index (χ2v) is 5.76. The standard InChI is InChI=1S/C7H9AsO3.Na.H/c9-8(10,11)6-7-4-2-1-3-5-7;;/h1-5H,6H2,(H2,9,10,11);;/q;+1;-1. The normalized spacial score (nSPS) is 10.5. The molecule has 1 aromatic carbocycles. The van der Waals surface area contributed by atoms with Crippen LogP contribution >= 0.6 is 0 Å². The van der Waals surface area contributed by atoms with Crippen LogP contribution in [0.3, 0.4) is 0 Å². The van der Waals surface area contributed by atoms with Crippen molar-refractivity contribution in [2.24, 2.45) is 0 Å². The van der Waals surface area contributed by atoms with Crippen LogP contribution in [0.2, 0.25) is 0 Å². The van der Waals surface area contributed by atoms with E-state index in [9.17, 15) is 3.74 Å². The summed E-state index contributed by atoms with van der Waals surface area (Å²) < 4.78 is 27.8. The molecule has 5 heteroatoms. The van der Waals surface area contributed by atoms with Gasteiger partial charge in [0, 0.05) is 0 Å². The maximum atomic E-state index is 10.6. The van der Waals surface area contributed by atoms with E-state index in [4.69, 9.17) is 8.19 Å². The first-order chi connectivity index (χ1) is 5.08. The Balaban J connectivity index is 0. The predicted octanol–water partition coefficient (Wildman–Crippen LogP) is -2.76. The summed E-state index contributed by atoms with van der Waals surface area (Å²) in [7, 11) is 0. The van der Waals surface area contributed by atoms with Gasteiger partial charge in [0.05, 0.1) is 0 Å². The molecule has 0 aliphatic rings. The molecule has 0 radical (unpaired) electrons. The SMILES string of the molecule is O=[As](O)(O)Cc1ccccc1.[H-].[Na+]. The van der Waals surface area contributed by atoms with Gasteiger partial charge in [-0.05, 0) is 0 Å². The first kappa shape index (κ1) is 12.5. The van der Waals surface area contributed by atoms with Crippen LogP contribution in [-0.2, 0) is 8.95 Å². The molecular weight excluding hydrogens is 230 g/mol. The molecule has 62 valence electrons. The zero-order chi connectivity index (χ0) is 8.32. The van der Waals surface area contributed by atoms with Crippen molar-refractivity contribution in [1.29, 1.82) is 0 Å². The average molecular weight is 240 g/mol. The fourth-order valence-corrected chi connectivity index (χ4v) is 2.26. The third-order valence-electron chi connectivity index (χ3n) is 1.23. The van der Waals surface area contributed by atoms with Crippen LogP contribution in [0.5, 0.6) is 0 Å². The van der Waals surface area contributed by atoms with Crippen molar-refractivity contribution in [2.45, 2.75) is 5.21 Å². The molecule has 0 unspecified atom stereocenters. The molecule has 0 spiro atoms. The molecule has 1 aromatic rings. The molecular formula is C7H10AsNaO3.